The van der Waals surface area contributed by atoms with E-state index in [4.69, 9.17) is 18.5 Å². The molecule has 0 heterocycles. The smallest absolute Gasteiger partial charge is 0.462 e. The molecule has 0 aromatic heterocycles. The molecule has 9 nitrogen and oxygen atoms in total. The lowest BCUT2D eigenvalue weighted by Gasteiger charge is -2.24. The number of hydrogen-bond donors (Lipinski definition) is 1. The van der Waals surface area contributed by atoms with Gasteiger partial charge >= 0.3 is 19.8 Å². The van der Waals surface area contributed by atoms with Gasteiger partial charge in [0.1, 0.15) is 19.8 Å². The van der Waals surface area contributed by atoms with Crippen LogP contribution in [0.1, 0.15) is 206 Å². The van der Waals surface area contributed by atoms with Gasteiger partial charge in [0.05, 0.1) is 27.7 Å². The number of carbonyl (C=O) groups is 2. The number of nitrogens with zero attached hydrogens (tertiary/aromatic N) is 1. The monoisotopic (exact) mass is 971 g/mol. The second kappa shape index (κ2) is 48.9. The van der Waals surface area contributed by atoms with Crippen LogP contribution < -0.4 is 0 Å². The molecule has 0 rings (SSSR count). The highest BCUT2D eigenvalue weighted by atomic mass is 31.2. The van der Waals surface area contributed by atoms with Crippen LogP contribution in [0.4, 0.5) is 0 Å². The van der Waals surface area contributed by atoms with Gasteiger partial charge in [-0.15, -0.1) is 0 Å². The molecule has 0 aliphatic rings. The summed E-state index contributed by atoms with van der Waals surface area (Å²) in [6.45, 7) is 4.28. The van der Waals surface area contributed by atoms with Crippen molar-refractivity contribution in [1.82, 2.24) is 0 Å². The Morgan fingerprint density at radius 2 is 0.838 bits per heavy atom. The molecule has 0 saturated heterocycles. The number of carbonyl (C=O) groups excluding carboxylic acids is 2. The van der Waals surface area contributed by atoms with Gasteiger partial charge in [-0.3, -0.25) is 18.6 Å². The van der Waals surface area contributed by atoms with E-state index in [-0.39, 0.29) is 32.0 Å². The largest absolute Gasteiger partial charge is 0.472 e. The Hall–Kier alpha value is -3.07. The molecular formula is C58H101NO8P+. The highest BCUT2D eigenvalue weighted by molar-refractivity contribution is 7.47. The first-order valence-corrected chi connectivity index (χ1v) is 28.5. The fraction of sp³-hybridized carbons (Fsp3) is 0.690. The molecule has 0 amide bonds. The van der Waals surface area contributed by atoms with Gasteiger partial charge in [-0.1, -0.05) is 195 Å². The third-order valence-corrected chi connectivity index (χ3v) is 12.1. The normalized spacial score (nSPS) is 14.1. The van der Waals surface area contributed by atoms with Crippen molar-refractivity contribution < 1.29 is 42.1 Å². The Balaban J connectivity index is 4.30. The van der Waals surface area contributed by atoms with Crippen LogP contribution in [0.2, 0.25) is 0 Å². The number of allylic oxidation sites excluding steroid dienone is 16. The SMILES string of the molecule is CC/C=C\C/C=C\C/C=C\C/C=C\C/C=C\C/C=C\C/C=C\CCCCCCCC(=O)OC(COC(=O)CCCCCCCCC/C=C\CCCCCCCC)COP(=O)(O)OCC[N+](C)(C)C. The van der Waals surface area contributed by atoms with Crippen molar-refractivity contribution in [3.05, 3.63) is 97.2 Å². The van der Waals surface area contributed by atoms with Gasteiger partial charge in [0.25, 0.3) is 0 Å². The summed E-state index contributed by atoms with van der Waals surface area (Å²) in [7, 11) is 1.45. The van der Waals surface area contributed by atoms with Gasteiger partial charge in [0, 0.05) is 12.8 Å². The second-order valence-corrected chi connectivity index (χ2v) is 20.3. The number of likely N-dealkylation sites (N-methyl/N-ethyl adjacent to an activating group) is 1. The van der Waals surface area contributed by atoms with E-state index in [1.54, 1.807) is 0 Å². The van der Waals surface area contributed by atoms with Crippen molar-refractivity contribution in [3.8, 4) is 0 Å². The molecule has 1 N–H and O–H groups in total. The summed E-state index contributed by atoms with van der Waals surface area (Å²) in [4.78, 5) is 35.6. The van der Waals surface area contributed by atoms with Crippen LogP contribution in [-0.4, -0.2) is 74.9 Å². The lowest BCUT2D eigenvalue weighted by Crippen LogP contribution is -2.37. The van der Waals surface area contributed by atoms with Crippen LogP contribution in [0.15, 0.2) is 97.2 Å². The number of hydrogen-bond acceptors (Lipinski definition) is 7. The van der Waals surface area contributed by atoms with E-state index >= 15 is 0 Å². The molecule has 2 unspecified atom stereocenters. The zero-order chi connectivity index (χ0) is 49.9. The second-order valence-electron chi connectivity index (χ2n) is 18.9. The van der Waals surface area contributed by atoms with Gasteiger partial charge in [-0.05, 0) is 96.3 Å². The summed E-state index contributed by atoms with van der Waals surface area (Å²) in [6, 6.07) is 0. The first kappa shape index (κ1) is 64.9. The van der Waals surface area contributed by atoms with E-state index in [0.29, 0.717) is 17.4 Å². The molecule has 0 spiro atoms. The third kappa shape index (κ3) is 52.3. The summed E-state index contributed by atoms with van der Waals surface area (Å²) in [5, 5.41) is 0. The summed E-state index contributed by atoms with van der Waals surface area (Å²) in [6.07, 6.45) is 66.0. The highest BCUT2D eigenvalue weighted by Gasteiger charge is 2.27. The number of phosphoric ester groups is 1. The molecule has 390 valence electrons. The Morgan fingerprint density at radius 3 is 1.26 bits per heavy atom. The fourth-order valence-corrected chi connectivity index (χ4v) is 7.67. The Kier molecular flexibility index (Phi) is 46.7. The van der Waals surface area contributed by atoms with Crippen LogP contribution in [0, 0.1) is 0 Å². The van der Waals surface area contributed by atoms with E-state index < -0.39 is 26.5 Å². The molecule has 0 aromatic carbocycles. The third-order valence-electron chi connectivity index (χ3n) is 11.1. The van der Waals surface area contributed by atoms with Crippen LogP contribution in [0.25, 0.3) is 0 Å². The highest BCUT2D eigenvalue weighted by Crippen LogP contribution is 2.43. The van der Waals surface area contributed by atoms with E-state index in [2.05, 4.69) is 111 Å². The minimum Gasteiger partial charge on any atom is -0.462 e. The van der Waals surface area contributed by atoms with Crippen molar-refractivity contribution in [2.75, 3.05) is 47.5 Å². The molecule has 0 bridgehead atoms. The molecular weight excluding hydrogens is 870 g/mol. The number of unbranched alkanes of at least 4 members (excludes halogenated alkanes) is 18. The molecule has 0 fully saturated rings. The van der Waals surface area contributed by atoms with Gasteiger partial charge < -0.3 is 18.9 Å². The summed E-state index contributed by atoms with van der Waals surface area (Å²) >= 11 is 0. The number of ether oxygens (including phenoxy) is 2. The van der Waals surface area contributed by atoms with Crippen LogP contribution in [-0.2, 0) is 32.7 Å². The first-order chi connectivity index (χ1) is 33.0. The van der Waals surface area contributed by atoms with Gasteiger partial charge in [-0.25, -0.2) is 4.57 Å². The van der Waals surface area contributed by atoms with Crippen molar-refractivity contribution >= 4 is 19.8 Å². The number of esters is 2. The van der Waals surface area contributed by atoms with E-state index in [9.17, 15) is 19.0 Å². The zero-order valence-electron chi connectivity index (χ0n) is 44.1. The van der Waals surface area contributed by atoms with Crippen molar-refractivity contribution in [2.24, 2.45) is 0 Å². The quantitative estimate of drug-likeness (QED) is 0.0211. The van der Waals surface area contributed by atoms with E-state index in [1.165, 1.54) is 64.2 Å². The number of rotatable bonds is 48. The topological polar surface area (TPSA) is 108 Å². The lowest BCUT2D eigenvalue weighted by atomic mass is 10.1. The average Bonchev–Trinajstić information content (AvgIpc) is 3.30. The predicted molar refractivity (Wildman–Crippen MR) is 288 cm³/mol. The fourth-order valence-electron chi connectivity index (χ4n) is 6.93. The van der Waals surface area contributed by atoms with Crippen molar-refractivity contribution in [2.45, 2.75) is 213 Å². The van der Waals surface area contributed by atoms with E-state index in [1.807, 2.05) is 21.1 Å². The Bertz CT molecular complexity index is 1470. The Morgan fingerprint density at radius 1 is 0.471 bits per heavy atom. The maximum Gasteiger partial charge on any atom is 0.472 e. The van der Waals surface area contributed by atoms with Gasteiger partial charge in [0.2, 0.25) is 0 Å². The van der Waals surface area contributed by atoms with Crippen LogP contribution in [0.5, 0.6) is 0 Å². The lowest BCUT2D eigenvalue weighted by molar-refractivity contribution is -0.870. The molecule has 0 saturated carbocycles. The summed E-state index contributed by atoms with van der Waals surface area (Å²) < 4.78 is 34.5. The summed E-state index contributed by atoms with van der Waals surface area (Å²) in [5.74, 6) is -0.830. The van der Waals surface area contributed by atoms with Crippen LogP contribution >= 0.6 is 7.82 Å². The molecule has 0 aliphatic carbocycles. The van der Waals surface area contributed by atoms with Crippen molar-refractivity contribution in [3.63, 3.8) is 0 Å². The van der Waals surface area contributed by atoms with Gasteiger partial charge in [0.15, 0.2) is 6.10 Å². The van der Waals surface area contributed by atoms with Crippen molar-refractivity contribution in [1.29, 1.82) is 0 Å². The maximum atomic E-state index is 12.8. The van der Waals surface area contributed by atoms with E-state index in [0.717, 1.165) is 109 Å². The zero-order valence-corrected chi connectivity index (χ0v) is 45.0. The molecule has 68 heavy (non-hydrogen) atoms. The minimum absolute atomic E-state index is 0.0219. The minimum atomic E-state index is -4.40. The first-order valence-electron chi connectivity index (χ1n) is 27.0. The molecule has 10 heteroatoms. The summed E-state index contributed by atoms with van der Waals surface area (Å²) in [5.41, 5.74) is 0. The molecule has 0 aromatic rings. The Labute approximate surface area is 417 Å². The maximum absolute atomic E-state index is 12.8. The number of phosphoric acid groups is 1. The molecule has 2 atom stereocenters. The van der Waals surface area contributed by atoms with Gasteiger partial charge in [-0.2, -0.15) is 0 Å². The molecule has 0 radical (unpaired) electrons. The predicted octanol–water partition coefficient (Wildman–Crippen LogP) is 16.5. The van der Waals surface area contributed by atoms with Crippen LogP contribution in [0.3, 0.4) is 0 Å². The average molecular weight is 971 g/mol. The standard InChI is InChI=1S/C58H100NO8P/c1-6-8-10-12-14-16-18-20-22-24-25-26-27-28-29-30-31-32-33-35-37-39-41-43-45-47-49-51-58(61)67-56(55-66-68(62,63)65-53-52-59(3,4)5)54-64-57(60)50-48-46-44-42-40-38-36-34-23-21-19-17-15-13-11-9-7-2/h8,10,14,16,20-23,25-26,28-29,31-32,35,37,56H,6-7,9,11-13,15,17-19,24,27,30,33-34,36,38-55H2,1-5H3/p+1/b10-8-,16-14-,22-20-,23-21-,26-25-,29-28-,32-31-,37-35-. The molecule has 0 aliphatic heterocycles. The number of quaternary nitrogens is 1.